The zero-order chi connectivity index (χ0) is 34.4. The van der Waals surface area contributed by atoms with Crippen LogP contribution in [0, 0.1) is 0 Å². The number of nitrogens with two attached hydrogens (primary N) is 1. The molecule has 1 saturated carbocycles. The van der Waals surface area contributed by atoms with E-state index in [0.717, 1.165) is 27.6 Å². The highest BCUT2D eigenvalue weighted by Gasteiger charge is 2.47. The number of benzene rings is 4. The third-order valence-electron chi connectivity index (χ3n) is 9.77. The summed E-state index contributed by atoms with van der Waals surface area (Å²) < 4.78 is 14.5. The van der Waals surface area contributed by atoms with E-state index < -0.39 is 11.6 Å². The van der Waals surface area contributed by atoms with Crippen LogP contribution < -0.4 is 31.6 Å². The molecule has 2 aromatic heterocycles. The Balaban J connectivity index is 1.56. The minimum Gasteiger partial charge on any atom is -0.497 e. The minimum atomic E-state index is -0.991. The maximum atomic E-state index is 14.2. The van der Waals surface area contributed by atoms with Crippen molar-refractivity contribution in [3.05, 3.63) is 129 Å². The van der Waals surface area contributed by atoms with Crippen molar-refractivity contribution >= 4 is 27.5 Å². The van der Waals surface area contributed by atoms with E-state index in [4.69, 9.17) is 15.2 Å². The Morgan fingerprint density at radius 2 is 1.22 bits per heavy atom. The van der Waals surface area contributed by atoms with E-state index in [9.17, 15) is 14.4 Å². The fourth-order valence-corrected chi connectivity index (χ4v) is 6.86. The van der Waals surface area contributed by atoms with Crippen molar-refractivity contribution in [1.82, 2.24) is 14.5 Å². The predicted octanol–water partition coefficient (Wildman–Crippen LogP) is 5.63. The van der Waals surface area contributed by atoms with Gasteiger partial charge in [0.25, 0.3) is 11.1 Å². The third-order valence-corrected chi connectivity index (χ3v) is 9.77. The second-order valence-corrected chi connectivity index (χ2v) is 12.8. The summed E-state index contributed by atoms with van der Waals surface area (Å²) in [6.07, 6.45) is 1.30. The molecule has 248 valence electrons. The van der Waals surface area contributed by atoms with Gasteiger partial charge in [0, 0.05) is 58.9 Å². The molecule has 4 aromatic carbocycles. The Kier molecular flexibility index (Phi) is 8.08. The number of fused-ring (bicyclic) bond motifs is 2. The number of methoxy groups -OCH3 is 2. The van der Waals surface area contributed by atoms with E-state index in [2.05, 4.69) is 5.32 Å². The van der Waals surface area contributed by atoms with Gasteiger partial charge in [-0.15, -0.1) is 0 Å². The van der Waals surface area contributed by atoms with Crippen LogP contribution in [0.5, 0.6) is 11.5 Å². The molecule has 9 nitrogen and oxygen atoms in total. The van der Waals surface area contributed by atoms with Crippen LogP contribution >= 0.6 is 0 Å². The average Bonchev–Trinajstić information content (AvgIpc) is 3.90. The maximum absolute atomic E-state index is 14.2. The highest BCUT2D eigenvalue weighted by atomic mass is 16.5. The molecule has 1 aliphatic carbocycles. The number of pyridine rings is 2. The van der Waals surface area contributed by atoms with Crippen LogP contribution in [0.1, 0.15) is 30.3 Å². The van der Waals surface area contributed by atoms with Crippen molar-refractivity contribution in [2.24, 2.45) is 19.8 Å². The first kappa shape index (κ1) is 31.9. The van der Waals surface area contributed by atoms with E-state index >= 15 is 0 Å². The van der Waals surface area contributed by atoms with E-state index in [1.54, 1.807) is 61.7 Å². The van der Waals surface area contributed by atoms with Crippen molar-refractivity contribution in [2.75, 3.05) is 14.2 Å². The number of rotatable bonds is 9. The van der Waals surface area contributed by atoms with Gasteiger partial charge in [0.2, 0.25) is 5.91 Å². The summed E-state index contributed by atoms with van der Waals surface area (Å²) in [6, 6.07) is 29.7. The molecule has 0 saturated heterocycles. The molecule has 9 heteroatoms. The molecule has 1 aliphatic rings. The quantitative estimate of drug-likeness (QED) is 0.209. The zero-order valence-electron chi connectivity index (χ0n) is 27.9. The molecule has 0 aliphatic heterocycles. The van der Waals surface area contributed by atoms with Crippen molar-refractivity contribution in [1.29, 1.82) is 0 Å². The molecule has 1 atom stereocenters. The summed E-state index contributed by atoms with van der Waals surface area (Å²) in [5.74, 6) is 0.911. The Hall–Kier alpha value is -5.67. The normalized spacial score (nSPS) is 14.1. The van der Waals surface area contributed by atoms with Crippen molar-refractivity contribution in [3.8, 4) is 33.8 Å². The summed E-state index contributed by atoms with van der Waals surface area (Å²) in [6.45, 7) is 0. The molecule has 2 heterocycles. The van der Waals surface area contributed by atoms with Gasteiger partial charge in [0.1, 0.15) is 11.5 Å². The Bertz CT molecular complexity index is 2360. The lowest BCUT2D eigenvalue weighted by atomic mass is 9.89. The fraction of sp³-hybridized carbons (Fsp3) is 0.225. The van der Waals surface area contributed by atoms with E-state index in [0.29, 0.717) is 51.9 Å². The van der Waals surface area contributed by atoms with Gasteiger partial charge in [-0.2, -0.15) is 0 Å². The first-order valence-electron chi connectivity index (χ1n) is 16.3. The molecule has 0 spiro atoms. The Morgan fingerprint density at radius 3 is 1.73 bits per heavy atom. The molecular weight excluding hydrogens is 616 g/mol. The average molecular weight is 655 g/mol. The number of hydrogen-bond acceptors (Lipinski definition) is 6. The van der Waals surface area contributed by atoms with Crippen LogP contribution in [0.2, 0.25) is 0 Å². The number of carbonyl (C=O) groups excluding carboxylic acids is 1. The maximum Gasteiger partial charge on any atom is 0.258 e. The van der Waals surface area contributed by atoms with Gasteiger partial charge < -0.3 is 29.7 Å². The molecule has 7 rings (SSSR count). The van der Waals surface area contributed by atoms with Crippen LogP contribution in [0.15, 0.2) is 107 Å². The first-order valence-corrected chi connectivity index (χ1v) is 16.3. The lowest BCUT2D eigenvalue weighted by molar-refractivity contribution is -0.124. The van der Waals surface area contributed by atoms with Gasteiger partial charge in [-0.25, -0.2) is 0 Å². The monoisotopic (exact) mass is 654 g/mol. The zero-order valence-corrected chi connectivity index (χ0v) is 27.9. The molecule has 0 radical (unpaired) electrons. The number of nitrogens with one attached hydrogen (secondary N) is 1. The minimum absolute atomic E-state index is 0.174. The fourth-order valence-electron chi connectivity index (χ4n) is 6.86. The molecule has 1 amide bonds. The first-order chi connectivity index (χ1) is 23.6. The number of carbonyl (C=O) groups is 1. The summed E-state index contributed by atoms with van der Waals surface area (Å²) in [5.41, 5.74) is 9.71. The SMILES string of the molecule is COc1ccc2c(=O)n(C)c(CC(NC(=O)C3(N)CC3)c3c(-c4ccccc4)c4cc(OC)ccc4c(=O)n3C)c(-c3ccccc3)c2c1. The summed E-state index contributed by atoms with van der Waals surface area (Å²) in [7, 11) is 6.66. The highest BCUT2D eigenvalue weighted by Crippen LogP contribution is 2.40. The van der Waals surface area contributed by atoms with Gasteiger partial charge in [-0.05, 0) is 60.4 Å². The molecular formula is C40H38N4O5. The largest absolute Gasteiger partial charge is 0.497 e. The van der Waals surface area contributed by atoms with Crippen LogP contribution in [0.4, 0.5) is 0 Å². The van der Waals surface area contributed by atoms with E-state index in [1.165, 1.54) is 0 Å². The number of ether oxygens (including phenoxy) is 2. The van der Waals surface area contributed by atoms with Crippen molar-refractivity contribution in [3.63, 3.8) is 0 Å². The van der Waals surface area contributed by atoms with Gasteiger partial charge in [0.15, 0.2) is 0 Å². The van der Waals surface area contributed by atoms with Crippen LogP contribution in [-0.4, -0.2) is 34.8 Å². The molecule has 1 unspecified atom stereocenters. The number of amides is 1. The van der Waals surface area contributed by atoms with E-state index in [-0.39, 0.29) is 23.4 Å². The summed E-state index contributed by atoms with van der Waals surface area (Å²) in [4.78, 5) is 42.1. The van der Waals surface area contributed by atoms with Crippen LogP contribution in [-0.2, 0) is 25.3 Å². The Morgan fingerprint density at radius 1 is 0.735 bits per heavy atom. The number of aromatic nitrogens is 2. The van der Waals surface area contributed by atoms with E-state index in [1.807, 2.05) is 72.8 Å². The van der Waals surface area contributed by atoms with Gasteiger partial charge in [0.05, 0.1) is 31.5 Å². The molecule has 3 N–H and O–H groups in total. The smallest absolute Gasteiger partial charge is 0.258 e. The van der Waals surface area contributed by atoms with Crippen LogP contribution in [0.3, 0.4) is 0 Å². The van der Waals surface area contributed by atoms with Gasteiger partial charge in [-0.3, -0.25) is 14.4 Å². The topological polar surface area (TPSA) is 118 Å². The van der Waals surface area contributed by atoms with Gasteiger partial charge >= 0.3 is 0 Å². The summed E-state index contributed by atoms with van der Waals surface area (Å²) >= 11 is 0. The summed E-state index contributed by atoms with van der Waals surface area (Å²) in [5, 5.41) is 5.74. The predicted molar refractivity (Wildman–Crippen MR) is 193 cm³/mol. The van der Waals surface area contributed by atoms with Crippen molar-refractivity contribution in [2.45, 2.75) is 30.8 Å². The molecule has 1 fully saturated rings. The number of hydrogen-bond donors (Lipinski definition) is 2. The standard InChI is InChI=1S/C40H38N4O5/c1-43-33(34(24-11-7-5-8-12-24)30-21-26(48-3)15-17-28(30)37(43)45)23-32(42-39(47)40(41)19-20-40)36-35(25-13-9-6-10-14-25)31-22-27(49-4)16-18-29(31)38(46)44(36)2/h5-18,21-22,32H,19-20,23,41H2,1-4H3,(H,42,47). The third kappa shape index (κ3) is 5.55. The van der Waals surface area contributed by atoms with Crippen LogP contribution in [0.25, 0.3) is 43.8 Å². The molecule has 0 bridgehead atoms. The lowest BCUT2D eigenvalue weighted by Crippen LogP contribution is -2.46. The molecule has 6 aromatic rings. The second kappa shape index (κ2) is 12.4. The number of nitrogens with zero attached hydrogens (tertiary/aromatic N) is 2. The highest BCUT2D eigenvalue weighted by molar-refractivity contribution is 6.00. The van der Waals surface area contributed by atoms with Gasteiger partial charge in [-0.1, -0.05) is 60.7 Å². The lowest BCUT2D eigenvalue weighted by Gasteiger charge is -2.29. The Labute approximate surface area is 283 Å². The second-order valence-electron chi connectivity index (χ2n) is 12.8. The molecule has 49 heavy (non-hydrogen) atoms. The van der Waals surface area contributed by atoms with Crippen molar-refractivity contribution < 1.29 is 14.3 Å².